The van der Waals surface area contributed by atoms with Crippen molar-refractivity contribution >= 4 is 39.1 Å². The Morgan fingerprint density at radius 3 is 2.88 bits per heavy atom. The summed E-state index contributed by atoms with van der Waals surface area (Å²) in [5, 5.41) is 0.793. The van der Waals surface area contributed by atoms with E-state index in [2.05, 4.69) is 25.9 Å². The molecule has 2 rings (SSSR count). The number of nitrogens with zero attached hydrogens (tertiary/aromatic N) is 3. The van der Waals surface area contributed by atoms with E-state index >= 15 is 0 Å². The van der Waals surface area contributed by atoms with Crippen LogP contribution in [0.4, 0.5) is 0 Å². The molecule has 2 heterocycles. The van der Waals surface area contributed by atoms with E-state index in [1.807, 2.05) is 0 Å². The van der Waals surface area contributed by atoms with E-state index in [1.165, 1.54) is 17.1 Å². The van der Waals surface area contributed by atoms with Crippen molar-refractivity contribution in [2.45, 2.75) is 6.54 Å². The Labute approximate surface area is 115 Å². The first kappa shape index (κ1) is 12.5. The molecule has 0 amide bonds. The van der Waals surface area contributed by atoms with Gasteiger partial charge in [0.05, 0.1) is 23.6 Å². The van der Waals surface area contributed by atoms with Gasteiger partial charge in [0.2, 0.25) is 0 Å². The third-order valence-electron chi connectivity index (χ3n) is 2.06. The Kier molecular flexibility index (Phi) is 3.81. The summed E-state index contributed by atoms with van der Waals surface area (Å²) in [4.78, 5) is 19.7. The van der Waals surface area contributed by atoms with Crippen LogP contribution in [0.2, 0.25) is 10.2 Å². The van der Waals surface area contributed by atoms with Gasteiger partial charge in [-0.2, -0.15) is 0 Å². The summed E-state index contributed by atoms with van der Waals surface area (Å²) < 4.78 is 1.78. The zero-order chi connectivity index (χ0) is 12.4. The maximum Gasteiger partial charge on any atom is 0.267 e. The molecule has 0 aliphatic heterocycles. The van der Waals surface area contributed by atoms with Gasteiger partial charge in [-0.1, -0.05) is 23.2 Å². The van der Waals surface area contributed by atoms with E-state index < -0.39 is 0 Å². The fourth-order valence-electron chi connectivity index (χ4n) is 1.27. The lowest BCUT2D eigenvalue weighted by atomic mass is 10.3. The standard InChI is InChI=1S/C10H6BrCl2N3O/c11-6-3-14-5-16(10(6)17)4-8-7(12)1-2-9(13)15-8/h1-3,5H,4H2. The molecule has 0 unspecified atom stereocenters. The van der Waals surface area contributed by atoms with Crippen LogP contribution in [0.15, 0.2) is 33.9 Å². The Morgan fingerprint density at radius 2 is 2.12 bits per heavy atom. The van der Waals surface area contributed by atoms with Crippen molar-refractivity contribution in [1.82, 2.24) is 14.5 Å². The molecule has 2 aromatic heterocycles. The van der Waals surface area contributed by atoms with Crippen LogP contribution < -0.4 is 5.56 Å². The highest BCUT2D eigenvalue weighted by molar-refractivity contribution is 9.10. The molecule has 0 bridgehead atoms. The van der Waals surface area contributed by atoms with Crippen molar-refractivity contribution in [1.29, 1.82) is 0 Å². The number of pyridine rings is 1. The van der Waals surface area contributed by atoms with Crippen LogP contribution in [0.1, 0.15) is 5.69 Å². The topological polar surface area (TPSA) is 47.8 Å². The van der Waals surface area contributed by atoms with Crippen LogP contribution >= 0.6 is 39.1 Å². The molecule has 0 spiro atoms. The molecule has 0 aliphatic carbocycles. The van der Waals surface area contributed by atoms with E-state index in [9.17, 15) is 4.79 Å². The first-order valence-electron chi connectivity index (χ1n) is 4.59. The Balaban J connectivity index is 2.41. The number of aromatic nitrogens is 3. The summed E-state index contributed by atoms with van der Waals surface area (Å²) in [5.41, 5.74) is 0.332. The normalized spacial score (nSPS) is 10.5. The van der Waals surface area contributed by atoms with Gasteiger partial charge in [0.1, 0.15) is 9.63 Å². The number of rotatable bonds is 2. The molecule has 7 heteroatoms. The molecule has 88 valence electrons. The molecule has 0 aromatic carbocycles. The molecule has 0 fully saturated rings. The van der Waals surface area contributed by atoms with Crippen LogP contribution in [0.5, 0.6) is 0 Å². The van der Waals surface area contributed by atoms with Crippen molar-refractivity contribution in [2.24, 2.45) is 0 Å². The Hall–Kier alpha value is -0.910. The third kappa shape index (κ3) is 2.86. The lowest BCUT2D eigenvalue weighted by Gasteiger charge is -2.06. The first-order chi connectivity index (χ1) is 8.08. The molecule has 0 radical (unpaired) electrons. The second-order valence-electron chi connectivity index (χ2n) is 3.24. The highest BCUT2D eigenvalue weighted by atomic mass is 79.9. The minimum absolute atomic E-state index is 0.196. The number of hydrogen-bond donors (Lipinski definition) is 0. The van der Waals surface area contributed by atoms with Crippen molar-refractivity contribution in [3.8, 4) is 0 Å². The third-order valence-corrected chi connectivity index (χ3v) is 3.16. The quantitative estimate of drug-likeness (QED) is 0.793. The summed E-state index contributed by atoms with van der Waals surface area (Å²) >= 11 is 14.9. The maximum absolute atomic E-state index is 11.7. The molecule has 0 saturated heterocycles. The molecule has 0 N–H and O–H groups in total. The van der Waals surface area contributed by atoms with Gasteiger partial charge >= 0.3 is 0 Å². The molecule has 17 heavy (non-hydrogen) atoms. The van der Waals surface area contributed by atoms with Gasteiger partial charge in [0.15, 0.2) is 0 Å². The van der Waals surface area contributed by atoms with Gasteiger partial charge in [-0.15, -0.1) is 0 Å². The van der Waals surface area contributed by atoms with E-state index in [4.69, 9.17) is 23.2 Å². The average molecular weight is 335 g/mol. The minimum atomic E-state index is -0.196. The summed E-state index contributed by atoms with van der Waals surface area (Å²) in [6.07, 6.45) is 2.86. The van der Waals surface area contributed by atoms with Crippen LogP contribution in [-0.2, 0) is 6.54 Å². The molecule has 2 aromatic rings. The van der Waals surface area contributed by atoms with Crippen LogP contribution in [0.25, 0.3) is 0 Å². The van der Waals surface area contributed by atoms with Crippen molar-refractivity contribution in [3.63, 3.8) is 0 Å². The van der Waals surface area contributed by atoms with Gasteiger partial charge in [0, 0.05) is 6.20 Å². The van der Waals surface area contributed by atoms with Crippen molar-refractivity contribution in [3.05, 3.63) is 55.4 Å². The fraction of sp³-hybridized carbons (Fsp3) is 0.100. The maximum atomic E-state index is 11.7. The molecular weight excluding hydrogens is 329 g/mol. The van der Waals surface area contributed by atoms with Crippen LogP contribution in [0.3, 0.4) is 0 Å². The lowest BCUT2D eigenvalue weighted by Crippen LogP contribution is -2.21. The van der Waals surface area contributed by atoms with Crippen molar-refractivity contribution in [2.75, 3.05) is 0 Å². The fourth-order valence-corrected chi connectivity index (χ4v) is 1.94. The largest absolute Gasteiger partial charge is 0.292 e. The highest BCUT2D eigenvalue weighted by Gasteiger charge is 2.07. The van der Waals surface area contributed by atoms with E-state index in [0.717, 1.165) is 0 Å². The second-order valence-corrected chi connectivity index (χ2v) is 4.89. The van der Waals surface area contributed by atoms with Gasteiger partial charge in [-0.25, -0.2) is 9.97 Å². The van der Waals surface area contributed by atoms with Gasteiger partial charge in [-0.3, -0.25) is 9.36 Å². The SMILES string of the molecule is O=c1c(Br)cncn1Cc1nc(Cl)ccc1Cl. The first-order valence-corrected chi connectivity index (χ1v) is 6.13. The Bertz CT molecular complexity index is 615. The number of hydrogen-bond acceptors (Lipinski definition) is 3. The van der Waals surface area contributed by atoms with E-state index in [0.29, 0.717) is 20.3 Å². The van der Waals surface area contributed by atoms with Crippen LogP contribution in [0, 0.1) is 0 Å². The predicted octanol–water partition coefficient (Wildman–Crippen LogP) is 2.76. The second kappa shape index (κ2) is 5.16. The van der Waals surface area contributed by atoms with Gasteiger partial charge in [0.25, 0.3) is 5.56 Å². The van der Waals surface area contributed by atoms with Gasteiger partial charge < -0.3 is 0 Å². The molecule has 0 atom stereocenters. The van der Waals surface area contributed by atoms with Crippen LogP contribution in [-0.4, -0.2) is 14.5 Å². The lowest BCUT2D eigenvalue weighted by molar-refractivity contribution is 0.714. The summed E-state index contributed by atoms with van der Waals surface area (Å²) in [5.74, 6) is 0. The Morgan fingerprint density at radius 1 is 1.35 bits per heavy atom. The monoisotopic (exact) mass is 333 g/mol. The van der Waals surface area contributed by atoms with E-state index in [-0.39, 0.29) is 12.1 Å². The van der Waals surface area contributed by atoms with E-state index in [1.54, 1.807) is 12.1 Å². The molecule has 4 nitrogen and oxygen atoms in total. The smallest absolute Gasteiger partial charge is 0.267 e. The highest BCUT2D eigenvalue weighted by Crippen LogP contribution is 2.17. The number of halogens is 3. The van der Waals surface area contributed by atoms with Crippen molar-refractivity contribution < 1.29 is 0 Å². The summed E-state index contributed by atoms with van der Waals surface area (Å²) in [6.45, 7) is 0.227. The summed E-state index contributed by atoms with van der Waals surface area (Å²) in [7, 11) is 0. The molecular formula is C10H6BrCl2N3O. The zero-order valence-electron chi connectivity index (χ0n) is 8.40. The van der Waals surface area contributed by atoms with Gasteiger partial charge in [-0.05, 0) is 28.1 Å². The summed E-state index contributed by atoms with van der Waals surface area (Å²) in [6, 6.07) is 3.23. The molecule has 0 aliphatic rings. The predicted molar refractivity (Wildman–Crippen MR) is 69.6 cm³/mol. The zero-order valence-corrected chi connectivity index (χ0v) is 11.5. The average Bonchev–Trinajstić information content (AvgIpc) is 2.30. The minimum Gasteiger partial charge on any atom is -0.292 e. The molecule has 0 saturated carbocycles.